The van der Waals surface area contributed by atoms with E-state index in [1.165, 1.54) is 5.56 Å². The lowest BCUT2D eigenvalue weighted by atomic mass is 10.1. The highest BCUT2D eigenvalue weighted by Crippen LogP contribution is 2.36. The molecule has 0 atom stereocenters. The first kappa shape index (κ1) is 14.9. The monoisotopic (exact) mass is 424 g/mol. The van der Waals surface area contributed by atoms with Gasteiger partial charge in [-0.15, -0.1) is 0 Å². The summed E-state index contributed by atoms with van der Waals surface area (Å²) < 4.78 is 6.99. The van der Waals surface area contributed by atoms with E-state index < -0.39 is 0 Å². The second kappa shape index (κ2) is 6.39. The van der Waals surface area contributed by atoms with Crippen LogP contribution in [0.2, 0.25) is 5.02 Å². The maximum atomic E-state index is 6.23. The molecule has 3 aromatic carbocycles. The quantitative estimate of drug-likeness (QED) is 0.412. The molecule has 0 spiro atoms. The van der Waals surface area contributed by atoms with Gasteiger partial charge in [-0.05, 0) is 45.8 Å². The van der Waals surface area contributed by atoms with E-state index in [9.17, 15) is 0 Å². The van der Waals surface area contributed by atoms with Crippen molar-refractivity contribution in [3.63, 3.8) is 0 Å². The first-order valence-electron chi connectivity index (χ1n) is 6.38. The SMILES string of the molecule is Clc1ccc(Oc2ccc(CBr)cc2Br)c2ccccc12. The van der Waals surface area contributed by atoms with Crippen LogP contribution in [0.25, 0.3) is 10.8 Å². The number of halogens is 3. The molecule has 0 amide bonds. The molecule has 0 fully saturated rings. The Bertz CT molecular complexity index is 802. The van der Waals surface area contributed by atoms with Crippen LogP contribution in [-0.2, 0) is 5.33 Å². The van der Waals surface area contributed by atoms with Crippen LogP contribution in [0.3, 0.4) is 0 Å². The number of fused-ring (bicyclic) bond motifs is 1. The van der Waals surface area contributed by atoms with E-state index in [1.54, 1.807) is 0 Å². The molecular weight excluding hydrogens is 415 g/mol. The van der Waals surface area contributed by atoms with Crippen molar-refractivity contribution in [1.82, 2.24) is 0 Å². The Kier molecular flexibility index (Phi) is 4.53. The number of rotatable bonds is 3. The van der Waals surface area contributed by atoms with Gasteiger partial charge in [0.1, 0.15) is 11.5 Å². The van der Waals surface area contributed by atoms with Crippen molar-refractivity contribution < 1.29 is 4.74 Å². The predicted octanol–water partition coefficient (Wildman–Crippen LogP) is 6.94. The van der Waals surface area contributed by atoms with Gasteiger partial charge in [0.05, 0.1) is 4.47 Å². The van der Waals surface area contributed by atoms with Gasteiger partial charge in [-0.2, -0.15) is 0 Å². The van der Waals surface area contributed by atoms with E-state index in [0.717, 1.165) is 37.1 Å². The molecule has 3 aromatic rings. The Morgan fingerprint density at radius 3 is 2.33 bits per heavy atom. The molecule has 0 saturated heterocycles. The van der Waals surface area contributed by atoms with E-state index in [4.69, 9.17) is 16.3 Å². The molecule has 4 heteroatoms. The number of alkyl halides is 1. The van der Waals surface area contributed by atoms with Gasteiger partial charge in [0, 0.05) is 21.1 Å². The zero-order chi connectivity index (χ0) is 14.8. The van der Waals surface area contributed by atoms with Crippen molar-refractivity contribution in [2.75, 3.05) is 0 Å². The van der Waals surface area contributed by atoms with Crippen LogP contribution in [-0.4, -0.2) is 0 Å². The lowest BCUT2D eigenvalue weighted by molar-refractivity contribution is 0.485. The molecule has 1 nitrogen and oxygen atoms in total. The van der Waals surface area contributed by atoms with Crippen LogP contribution in [0.1, 0.15) is 5.56 Å². The van der Waals surface area contributed by atoms with Crippen molar-refractivity contribution in [2.45, 2.75) is 5.33 Å². The van der Waals surface area contributed by atoms with Crippen LogP contribution in [0.5, 0.6) is 11.5 Å². The largest absolute Gasteiger partial charge is 0.456 e. The Balaban J connectivity index is 2.04. The van der Waals surface area contributed by atoms with E-state index in [-0.39, 0.29) is 0 Å². The molecule has 0 aliphatic rings. The van der Waals surface area contributed by atoms with Crippen LogP contribution in [0, 0.1) is 0 Å². The van der Waals surface area contributed by atoms with Gasteiger partial charge < -0.3 is 4.74 Å². The van der Waals surface area contributed by atoms with Crippen LogP contribution in [0.4, 0.5) is 0 Å². The summed E-state index contributed by atoms with van der Waals surface area (Å²) in [5.41, 5.74) is 1.19. The second-order valence-corrected chi connectivity index (χ2v) is 6.41. The molecule has 0 radical (unpaired) electrons. The smallest absolute Gasteiger partial charge is 0.141 e. The van der Waals surface area contributed by atoms with Crippen molar-refractivity contribution in [3.8, 4) is 11.5 Å². The first-order valence-corrected chi connectivity index (χ1v) is 8.68. The first-order chi connectivity index (χ1) is 10.2. The highest BCUT2D eigenvalue weighted by atomic mass is 79.9. The summed E-state index contributed by atoms with van der Waals surface area (Å²) in [6.45, 7) is 0. The van der Waals surface area contributed by atoms with Crippen LogP contribution in [0.15, 0.2) is 59.1 Å². The fourth-order valence-corrected chi connectivity index (χ4v) is 3.24. The van der Waals surface area contributed by atoms with Crippen molar-refractivity contribution in [3.05, 3.63) is 69.7 Å². The van der Waals surface area contributed by atoms with Crippen molar-refractivity contribution >= 4 is 54.2 Å². The normalized spacial score (nSPS) is 10.8. The Morgan fingerprint density at radius 1 is 0.905 bits per heavy atom. The zero-order valence-corrected chi connectivity index (χ0v) is 14.9. The number of hydrogen-bond donors (Lipinski definition) is 0. The Hall–Kier alpha value is -1.03. The van der Waals surface area contributed by atoms with Gasteiger partial charge in [0.25, 0.3) is 0 Å². The Labute approximate surface area is 145 Å². The van der Waals surface area contributed by atoms with Gasteiger partial charge in [-0.25, -0.2) is 0 Å². The van der Waals surface area contributed by atoms with Crippen LogP contribution >= 0.6 is 43.5 Å². The summed E-state index contributed by atoms with van der Waals surface area (Å²) >= 11 is 13.2. The molecule has 0 unspecified atom stereocenters. The molecule has 0 saturated carbocycles. The summed E-state index contributed by atoms with van der Waals surface area (Å²) in [5.74, 6) is 1.58. The molecule has 0 aliphatic carbocycles. The zero-order valence-electron chi connectivity index (χ0n) is 10.9. The predicted molar refractivity (Wildman–Crippen MR) is 95.8 cm³/mol. The highest BCUT2D eigenvalue weighted by Gasteiger charge is 2.09. The number of benzene rings is 3. The van der Waals surface area contributed by atoms with Gasteiger partial charge in [0.2, 0.25) is 0 Å². The lowest BCUT2D eigenvalue weighted by Gasteiger charge is -2.12. The minimum atomic E-state index is 0.728. The molecule has 0 aliphatic heterocycles. The summed E-state index contributed by atoms with van der Waals surface area (Å²) in [7, 11) is 0. The molecule has 3 rings (SSSR count). The third kappa shape index (κ3) is 3.10. The molecule has 106 valence electrons. The molecular formula is C17H11Br2ClO. The fraction of sp³-hybridized carbons (Fsp3) is 0.0588. The van der Waals surface area contributed by atoms with Crippen molar-refractivity contribution in [1.29, 1.82) is 0 Å². The molecule has 0 heterocycles. The third-order valence-electron chi connectivity index (χ3n) is 3.20. The summed E-state index contributed by atoms with van der Waals surface area (Å²) in [4.78, 5) is 0. The van der Waals surface area contributed by atoms with Crippen molar-refractivity contribution in [2.24, 2.45) is 0 Å². The standard InChI is InChI=1S/C17H11Br2ClO/c18-10-11-5-7-17(14(19)9-11)21-16-8-6-15(20)12-3-1-2-4-13(12)16/h1-9H,10H2. The Morgan fingerprint density at radius 2 is 1.62 bits per heavy atom. The summed E-state index contributed by atoms with van der Waals surface area (Å²) in [5, 5.41) is 3.54. The van der Waals surface area contributed by atoms with Crippen LogP contribution < -0.4 is 4.74 Å². The van der Waals surface area contributed by atoms with E-state index in [1.807, 2.05) is 54.6 Å². The number of ether oxygens (including phenoxy) is 1. The minimum absolute atomic E-state index is 0.728. The molecule has 0 aromatic heterocycles. The van der Waals surface area contributed by atoms with Gasteiger partial charge >= 0.3 is 0 Å². The average molecular weight is 427 g/mol. The molecule has 0 N–H and O–H groups in total. The van der Waals surface area contributed by atoms with E-state index in [0.29, 0.717) is 0 Å². The van der Waals surface area contributed by atoms with E-state index >= 15 is 0 Å². The maximum Gasteiger partial charge on any atom is 0.141 e. The fourth-order valence-electron chi connectivity index (χ4n) is 2.15. The number of hydrogen-bond acceptors (Lipinski definition) is 1. The summed E-state index contributed by atoms with van der Waals surface area (Å²) in [6, 6.07) is 17.8. The average Bonchev–Trinajstić information content (AvgIpc) is 2.52. The molecule has 21 heavy (non-hydrogen) atoms. The third-order valence-corrected chi connectivity index (χ3v) is 4.80. The second-order valence-electron chi connectivity index (χ2n) is 4.59. The van der Waals surface area contributed by atoms with Gasteiger partial charge in [-0.3, -0.25) is 0 Å². The maximum absolute atomic E-state index is 6.23. The molecule has 0 bridgehead atoms. The topological polar surface area (TPSA) is 9.23 Å². The van der Waals surface area contributed by atoms with Gasteiger partial charge in [-0.1, -0.05) is 57.9 Å². The highest BCUT2D eigenvalue weighted by molar-refractivity contribution is 9.10. The lowest BCUT2D eigenvalue weighted by Crippen LogP contribution is -1.89. The van der Waals surface area contributed by atoms with Gasteiger partial charge in [0.15, 0.2) is 0 Å². The summed E-state index contributed by atoms with van der Waals surface area (Å²) in [6.07, 6.45) is 0. The minimum Gasteiger partial charge on any atom is -0.456 e. The van der Waals surface area contributed by atoms with E-state index in [2.05, 4.69) is 31.9 Å².